The highest BCUT2D eigenvalue weighted by molar-refractivity contribution is 7.87. The lowest BCUT2D eigenvalue weighted by molar-refractivity contribution is 0.0823. The Balaban J connectivity index is 2.35. The van der Waals surface area contributed by atoms with Gasteiger partial charge in [-0.05, 0) is 57.1 Å². The number of oxime groups is 1. The van der Waals surface area contributed by atoms with Crippen LogP contribution in [0.2, 0.25) is 0 Å². The number of benzene rings is 2. The Morgan fingerprint density at radius 2 is 1.42 bits per heavy atom. The van der Waals surface area contributed by atoms with Crippen molar-refractivity contribution in [2.45, 2.75) is 38.7 Å². The van der Waals surface area contributed by atoms with Gasteiger partial charge >= 0.3 is 10.1 Å². The lowest BCUT2D eigenvalue weighted by atomic mass is 10.1. The van der Waals surface area contributed by atoms with E-state index in [2.05, 4.69) is 5.16 Å². The second-order valence-electron chi connectivity index (χ2n) is 5.77. The molecular weight excluding hydrogens is 326 g/mol. The van der Waals surface area contributed by atoms with Gasteiger partial charge in [-0.3, -0.25) is 0 Å². The summed E-state index contributed by atoms with van der Waals surface area (Å²) >= 11 is 0. The zero-order chi connectivity index (χ0) is 17.7. The summed E-state index contributed by atoms with van der Waals surface area (Å²) in [5.41, 5.74) is 2.53. The van der Waals surface area contributed by atoms with E-state index >= 15 is 0 Å². The second-order valence-corrected chi connectivity index (χ2v) is 7.31. The summed E-state index contributed by atoms with van der Waals surface area (Å²) in [6.07, 6.45) is -0.198. The molecule has 2 rings (SSSR count). The lowest BCUT2D eigenvalue weighted by Crippen LogP contribution is -2.16. The second kappa shape index (κ2) is 7.49. The molecule has 0 amide bonds. The van der Waals surface area contributed by atoms with Gasteiger partial charge in [-0.1, -0.05) is 35.4 Å². The molecule has 128 valence electrons. The maximum atomic E-state index is 12.5. The molecule has 0 aliphatic heterocycles. The quantitative estimate of drug-likeness (QED) is 0.357. The highest BCUT2D eigenvalue weighted by Gasteiger charge is 2.21. The van der Waals surface area contributed by atoms with Crippen molar-refractivity contribution in [1.82, 2.24) is 0 Å². The van der Waals surface area contributed by atoms with Crippen LogP contribution in [0.4, 0.5) is 0 Å². The molecule has 24 heavy (non-hydrogen) atoms. The van der Waals surface area contributed by atoms with Gasteiger partial charge in [-0.2, -0.15) is 8.42 Å². The van der Waals surface area contributed by atoms with Gasteiger partial charge in [0.05, 0.1) is 0 Å². The van der Waals surface area contributed by atoms with Crippen LogP contribution >= 0.6 is 0 Å². The highest BCUT2D eigenvalue weighted by Crippen LogP contribution is 2.17. The molecule has 0 aromatic heterocycles. The molecule has 0 radical (unpaired) electrons. The number of nitrogens with zero attached hydrogens (tertiary/aromatic N) is 1. The molecule has 0 aliphatic carbocycles. The Hall–Kier alpha value is -2.34. The molecule has 0 spiro atoms. The molecule has 2 aromatic carbocycles. The molecule has 0 bridgehead atoms. The molecule has 0 heterocycles. The molecule has 6 heteroatoms. The topological polar surface area (TPSA) is 65.0 Å². The Morgan fingerprint density at radius 3 is 1.92 bits per heavy atom. The third-order valence-corrected chi connectivity index (χ3v) is 4.37. The number of hydrogen-bond donors (Lipinski definition) is 0. The molecule has 0 fully saturated rings. The van der Waals surface area contributed by atoms with Crippen LogP contribution in [0.1, 0.15) is 30.5 Å². The monoisotopic (exact) mass is 347 g/mol. The SMILES string of the molecule is Cc1ccc(/C(=N/OC(C)C)OS(=O)(=O)c2ccc(C)cc2)cc1. The first-order valence-electron chi connectivity index (χ1n) is 7.60. The van der Waals surface area contributed by atoms with E-state index in [1.54, 1.807) is 38.1 Å². The smallest absolute Gasteiger partial charge is 0.340 e. The van der Waals surface area contributed by atoms with Crippen molar-refractivity contribution in [2.75, 3.05) is 0 Å². The Labute approximate surface area is 143 Å². The van der Waals surface area contributed by atoms with Crippen molar-refractivity contribution in [3.8, 4) is 0 Å². The molecule has 0 atom stereocenters. The summed E-state index contributed by atoms with van der Waals surface area (Å²) in [4.78, 5) is 5.26. The third-order valence-electron chi connectivity index (χ3n) is 3.14. The Morgan fingerprint density at radius 1 is 0.917 bits per heavy atom. The fraction of sp³-hybridized carbons (Fsp3) is 0.278. The Kier molecular flexibility index (Phi) is 5.62. The molecule has 0 saturated heterocycles. The standard InChI is InChI=1S/C18H21NO4S/c1-13(2)22-19-18(16-9-5-14(3)6-10-16)23-24(20,21)17-11-7-15(4)8-12-17/h5-13H,1-4H3/b19-18-. The van der Waals surface area contributed by atoms with E-state index < -0.39 is 10.1 Å². The summed E-state index contributed by atoms with van der Waals surface area (Å²) in [7, 11) is -3.99. The molecule has 0 N–H and O–H groups in total. The minimum Gasteiger partial charge on any atom is -0.390 e. The summed E-state index contributed by atoms with van der Waals surface area (Å²) in [6, 6.07) is 13.6. The first-order chi connectivity index (χ1) is 11.3. The van der Waals surface area contributed by atoms with Crippen molar-refractivity contribution in [2.24, 2.45) is 5.16 Å². The summed E-state index contributed by atoms with van der Waals surface area (Å²) in [5.74, 6) is -0.0933. The van der Waals surface area contributed by atoms with E-state index in [-0.39, 0.29) is 16.9 Å². The van der Waals surface area contributed by atoms with Crippen LogP contribution in [0.3, 0.4) is 0 Å². The normalized spacial score (nSPS) is 12.3. The highest BCUT2D eigenvalue weighted by atomic mass is 32.2. The van der Waals surface area contributed by atoms with E-state index in [0.29, 0.717) is 5.56 Å². The van der Waals surface area contributed by atoms with Gasteiger partial charge in [-0.25, -0.2) is 0 Å². The van der Waals surface area contributed by atoms with E-state index in [1.165, 1.54) is 12.1 Å². The van der Waals surface area contributed by atoms with Crippen LogP contribution in [0.15, 0.2) is 58.6 Å². The van der Waals surface area contributed by atoms with E-state index in [0.717, 1.165) is 11.1 Å². The first-order valence-corrected chi connectivity index (χ1v) is 9.01. The largest absolute Gasteiger partial charge is 0.390 e. The lowest BCUT2D eigenvalue weighted by Gasteiger charge is -2.11. The van der Waals surface area contributed by atoms with Crippen LogP contribution in [0.25, 0.3) is 0 Å². The predicted octanol–water partition coefficient (Wildman–Crippen LogP) is 3.80. The average Bonchev–Trinajstić information content (AvgIpc) is 2.52. The zero-order valence-corrected chi connectivity index (χ0v) is 15.0. The van der Waals surface area contributed by atoms with Crippen LogP contribution in [-0.4, -0.2) is 20.4 Å². The number of hydrogen-bond acceptors (Lipinski definition) is 5. The van der Waals surface area contributed by atoms with Gasteiger partial charge < -0.3 is 9.02 Å². The van der Waals surface area contributed by atoms with Crippen LogP contribution in [0.5, 0.6) is 0 Å². The van der Waals surface area contributed by atoms with Crippen molar-refractivity contribution < 1.29 is 17.4 Å². The maximum Gasteiger partial charge on any atom is 0.340 e. The maximum absolute atomic E-state index is 12.5. The average molecular weight is 347 g/mol. The molecule has 2 aromatic rings. The van der Waals surface area contributed by atoms with Gasteiger partial charge in [0.1, 0.15) is 11.0 Å². The first kappa shape index (κ1) is 18.0. The van der Waals surface area contributed by atoms with Crippen LogP contribution < -0.4 is 0 Å². The fourth-order valence-corrected chi connectivity index (χ4v) is 2.72. The van der Waals surface area contributed by atoms with Gasteiger partial charge in [0.15, 0.2) is 0 Å². The summed E-state index contributed by atoms with van der Waals surface area (Å²) < 4.78 is 30.2. The Bertz CT molecular complexity index is 807. The zero-order valence-electron chi connectivity index (χ0n) is 14.2. The minimum atomic E-state index is -3.99. The molecule has 5 nitrogen and oxygen atoms in total. The number of rotatable bonds is 5. The van der Waals surface area contributed by atoms with Crippen molar-refractivity contribution in [3.63, 3.8) is 0 Å². The molecule has 0 aliphatic rings. The van der Waals surface area contributed by atoms with Gasteiger partial charge in [0, 0.05) is 5.56 Å². The van der Waals surface area contributed by atoms with Gasteiger partial charge in [-0.15, -0.1) is 0 Å². The van der Waals surface area contributed by atoms with E-state index in [1.807, 2.05) is 26.0 Å². The third kappa shape index (κ3) is 4.83. The minimum absolute atomic E-state index is 0.0671. The predicted molar refractivity (Wildman–Crippen MR) is 93.4 cm³/mol. The van der Waals surface area contributed by atoms with Crippen molar-refractivity contribution in [1.29, 1.82) is 0 Å². The van der Waals surface area contributed by atoms with Crippen LogP contribution in [0, 0.1) is 13.8 Å². The molecule has 0 unspecified atom stereocenters. The molecular formula is C18H21NO4S. The van der Waals surface area contributed by atoms with Crippen LogP contribution in [-0.2, 0) is 19.1 Å². The fourth-order valence-electron chi connectivity index (χ4n) is 1.82. The van der Waals surface area contributed by atoms with Crippen molar-refractivity contribution >= 4 is 16.0 Å². The molecule has 0 saturated carbocycles. The van der Waals surface area contributed by atoms with E-state index in [4.69, 9.17) is 9.02 Å². The van der Waals surface area contributed by atoms with E-state index in [9.17, 15) is 8.42 Å². The summed E-state index contributed by atoms with van der Waals surface area (Å²) in [5, 5.41) is 3.87. The summed E-state index contributed by atoms with van der Waals surface area (Å²) in [6.45, 7) is 7.41. The van der Waals surface area contributed by atoms with Gasteiger partial charge in [0.25, 0.3) is 5.90 Å². The number of aryl methyl sites for hydroxylation is 2. The van der Waals surface area contributed by atoms with Crippen molar-refractivity contribution in [3.05, 3.63) is 65.2 Å². The van der Waals surface area contributed by atoms with Gasteiger partial charge in [0.2, 0.25) is 0 Å².